The summed E-state index contributed by atoms with van der Waals surface area (Å²) in [7, 11) is 2.16. The fourth-order valence-electron chi connectivity index (χ4n) is 6.13. The predicted octanol–water partition coefficient (Wildman–Crippen LogP) is 8.07. The van der Waals surface area contributed by atoms with Crippen LogP contribution in [0.4, 0.5) is 11.4 Å². The molecule has 0 N–H and O–H groups in total. The highest BCUT2D eigenvalue weighted by atomic mass is 32.1. The lowest BCUT2D eigenvalue weighted by Crippen LogP contribution is -2.25. The van der Waals surface area contributed by atoms with Crippen molar-refractivity contribution in [1.29, 1.82) is 0 Å². The summed E-state index contributed by atoms with van der Waals surface area (Å²) in [5.74, 6) is 2.75. The number of hydrogen-bond acceptors (Lipinski definition) is 7. The number of anilines is 2. The van der Waals surface area contributed by atoms with Crippen molar-refractivity contribution in [3.63, 3.8) is 0 Å². The van der Waals surface area contributed by atoms with E-state index < -0.39 is 0 Å². The summed E-state index contributed by atoms with van der Waals surface area (Å²) >= 11 is 1.81. The molecule has 6 nitrogen and oxygen atoms in total. The van der Waals surface area contributed by atoms with Gasteiger partial charge < -0.3 is 19.1 Å². The Morgan fingerprint density at radius 3 is 1.81 bits per heavy atom. The van der Waals surface area contributed by atoms with E-state index in [9.17, 15) is 0 Å². The fraction of sp³-hybridized carbons (Fsp3) is 0.444. The third-order valence-corrected chi connectivity index (χ3v) is 9.62. The van der Waals surface area contributed by atoms with Crippen molar-refractivity contribution >= 4 is 32.8 Å². The van der Waals surface area contributed by atoms with Gasteiger partial charge in [-0.15, -0.1) is 11.3 Å². The van der Waals surface area contributed by atoms with Crippen molar-refractivity contribution in [3.8, 4) is 27.7 Å². The van der Waals surface area contributed by atoms with Crippen LogP contribution in [0.5, 0.6) is 17.2 Å². The summed E-state index contributed by atoms with van der Waals surface area (Å²) in [6.07, 6.45) is 5.37. The SMILES string of the molecule is CC(C)Oc1ccc2c(N(C)c3ccc(OCCN4CCCC4)cc3)c(-c3ccc(OCCN4CCCC4)cc3)sc2c1. The van der Waals surface area contributed by atoms with Gasteiger partial charge in [0.1, 0.15) is 30.5 Å². The molecule has 1 aromatic heterocycles. The van der Waals surface area contributed by atoms with Crippen LogP contribution in [0.1, 0.15) is 39.5 Å². The molecule has 0 radical (unpaired) electrons. The number of rotatable bonds is 13. The molecule has 4 aromatic rings. The molecule has 0 amide bonds. The Hall–Kier alpha value is -3.26. The van der Waals surface area contributed by atoms with Gasteiger partial charge in [-0.25, -0.2) is 0 Å². The molecule has 7 heteroatoms. The van der Waals surface area contributed by atoms with Crippen LogP contribution >= 0.6 is 11.3 Å². The molecule has 0 aliphatic carbocycles. The first kappa shape index (κ1) is 29.8. The lowest BCUT2D eigenvalue weighted by Gasteiger charge is -2.22. The molecule has 2 aliphatic heterocycles. The van der Waals surface area contributed by atoms with Crippen molar-refractivity contribution in [2.24, 2.45) is 0 Å². The maximum atomic E-state index is 6.11. The first-order valence-electron chi connectivity index (χ1n) is 15.9. The molecule has 6 rings (SSSR count). The van der Waals surface area contributed by atoms with Gasteiger partial charge in [-0.3, -0.25) is 9.80 Å². The molecule has 2 aliphatic rings. The molecule has 2 saturated heterocycles. The minimum absolute atomic E-state index is 0.133. The quantitative estimate of drug-likeness (QED) is 0.155. The highest BCUT2D eigenvalue weighted by molar-refractivity contribution is 7.23. The second-order valence-corrected chi connectivity index (χ2v) is 13.0. The third kappa shape index (κ3) is 7.46. The van der Waals surface area contributed by atoms with Gasteiger partial charge in [0.2, 0.25) is 0 Å². The molecule has 2 fully saturated rings. The van der Waals surface area contributed by atoms with Gasteiger partial charge in [0.15, 0.2) is 0 Å². The van der Waals surface area contributed by atoms with E-state index in [0.717, 1.165) is 49.2 Å². The molecule has 0 atom stereocenters. The monoisotopic (exact) mass is 599 g/mol. The van der Waals surface area contributed by atoms with E-state index in [1.807, 2.05) is 11.3 Å². The molecular weight excluding hydrogens is 554 g/mol. The lowest BCUT2D eigenvalue weighted by atomic mass is 10.1. The zero-order valence-corrected chi connectivity index (χ0v) is 26.7. The summed E-state index contributed by atoms with van der Waals surface area (Å²) in [6, 6.07) is 23.6. The molecule has 0 unspecified atom stereocenters. The summed E-state index contributed by atoms with van der Waals surface area (Å²) in [5.41, 5.74) is 3.50. The molecule has 43 heavy (non-hydrogen) atoms. The summed E-state index contributed by atoms with van der Waals surface area (Å²) < 4.78 is 19.4. The number of ether oxygens (including phenoxy) is 3. The predicted molar refractivity (Wildman–Crippen MR) is 180 cm³/mol. The zero-order valence-electron chi connectivity index (χ0n) is 25.9. The number of thiophene rings is 1. The third-order valence-electron chi connectivity index (χ3n) is 8.43. The van der Waals surface area contributed by atoms with Crippen molar-refractivity contribution in [1.82, 2.24) is 9.80 Å². The molecule has 3 heterocycles. The smallest absolute Gasteiger partial charge is 0.121 e. The Kier molecular flexibility index (Phi) is 9.71. The maximum absolute atomic E-state index is 6.11. The number of nitrogens with zero attached hydrogens (tertiary/aromatic N) is 3. The van der Waals surface area contributed by atoms with Gasteiger partial charge in [0.05, 0.1) is 16.7 Å². The highest BCUT2D eigenvalue weighted by Gasteiger charge is 2.20. The van der Waals surface area contributed by atoms with Crippen LogP contribution in [0.2, 0.25) is 0 Å². The van der Waals surface area contributed by atoms with Crippen molar-refractivity contribution < 1.29 is 14.2 Å². The Bertz CT molecular complexity index is 1460. The number of likely N-dealkylation sites (tertiary alicyclic amines) is 2. The van der Waals surface area contributed by atoms with E-state index in [1.54, 1.807) is 0 Å². The second kappa shape index (κ2) is 14.0. The number of hydrogen-bond donors (Lipinski definition) is 0. The van der Waals surface area contributed by atoms with Gasteiger partial charge in [-0.2, -0.15) is 0 Å². The second-order valence-electron chi connectivity index (χ2n) is 12.0. The van der Waals surface area contributed by atoms with E-state index >= 15 is 0 Å². The first-order valence-corrected chi connectivity index (χ1v) is 16.7. The average Bonchev–Trinajstić information content (AvgIpc) is 3.79. The molecule has 0 saturated carbocycles. The Morgan fingerprint density at radius 2 is 1.26 bits per heavy atom. The molecule has 228 valence electrons. The number of benzene rings is 3. The van der Waals surface area contributed by atoms with Gasteiger partial charge in [-0.05, 0) is 138 Å². The lowest BCUT2D eigenvalue weighted by molar-refractivity contribution is 0.237. The fourth-order valence-corrected chi connectivity index (χ4v) is 7.40. The average molecular weight is 600 g/mol. The van der Waals surface area contributed by atoms with Crippen molar-refractivity contribution in [2.45, 2.75) is 45.6 Å². The van der Waals surface area contributed by atoms with Gasteiger partial charge >= 0.3 is 0 Å². The molecule has 3 aromatic carbocycles. The minimum atomic E-state index is 0.133. The van der Waals surface area contributed by atoms with Gasteiger partial charge in [-0.1, -0.05) is 0 Å². The Labute approximate surface area is 260 Å². The number of fused-ring (bicyclic) bond motifs is 1. The largest absolute Gasteiger partial charge is 0.492 e. The standard InChI is InChI=1S/C36H45N3O3S/c1-27(2)42-32-16-17-33-34(26-32)43-36(28-8-12-30(13-9-28)40-24-22-38-18-4-5-19-38)35(33)37(3)29-10-14-31(15-11-29)41-25-23-39-20-6-7-21-39/h8-17,26-27H,4-7,18-25H2,1-3H3. The van der Waals surface area contributed by atoms with Crippen LogP contribution in [0.15, 0.2) is 66.7 Å². The Morgan fingerprint density at radius 1 is 0.721 bits per heavy atom. The maximum Gasteiger partial charge on any atom is 0.121 e. The van der Waals surface area contributed by atoms with Crippen LogP contribution < -0.4 is 19.1 Å². The molecule has 0 bridgehead atoms. The first-order chi connectivity index (χ1) is 21.0. The van der Waals surface area contributed by atoms with E-state index in [2.05, 4.69) is 102 Å². The Balaban J connectivity index is 1.22. The summed E-state index contributed by atoms with van der Waals surface area (Å²) in [6.45, 7) is 12.4. The highest BCUT2D eigenvalue weighted by Crippen LogP contribution is 2.47. The van der Waals surface area contributed by atoms with Crippen LogP contribution in [-0.4, -0.2) is 75.4 Å². The zero-order chi connectivity index (χ0) is 29.6. The van der Waals surface area contributed by atoms with Crippen LogP contribution in [-0.2, 0) is 0 Å². The van der Waals surface area contributed by atoms with Gasteiger partial charge in [0.25, 0.3) is 0 Å². The van der Waals surface area contributed by atoms with E-state index in [1.165, 1.54) is 78.1 Å². The van der Waals surface area contributed by atoms with E-state index in [0.29, 0.717) is 0 Å². The van der Waals surface area contributed by atoms with E-state index in [-0.39, 0.29) is 6.10 Å². The van der Waals surface area contributed by atoms with Crippen LogP contribution in [0.3, 0.4) is 0 Å². The molecule has 0 spiro atoms. The topological polar surface area (TPSA) is 37.4 Å². The van der Waals surface area contributed by atoms with Crippen LogP contribution in [0.25, 0.3) is 20.5 Å². The van der Waals surface area contributed by atoms with E-state index in [4.69, 9.17) is 14.2 Å². The van der Waals surface area contributed by atoms with Crippen molar-refractivity contribution in [3.05, 3.63) is 66.7 Å². The normalized spacial score (nSPS) is 15.9. The molecular formula is C36H45N3O3S. The van der Waals surface area contributed by atoms with Gasteiger partial charge in [0, 0.05) is 35.9 Å². The minimum Gasteiger partial charge on any atom is -0.492 e. The summed E-state index contributed by atoms with van der Waals surface area (Å²) in [4.78, 5) is 8.49. The van der Waals surface area contributed by atoms with Crippen molar-refractivity contribution in [2.75, 3.05) is 64.4 Å². The van der Waals surface area contributed by atoms with Crippen LogP contribution in [0, 0.1) is 0 Å². The summed E-state index contributed by atoms with van der Waals surface area (Å²) in [5, 5.41) is 1.22.